The highest BCUT2D eigenvalue weighted by atomic mass is 19.1. The number of hydrogen-bond acceptors (Lipinski definition) is 5. The van der Waals surface area contributed by atoms with Crippen LogP contribution in [-0.2, 0) is 11.3 Å². The third kappa shape index (κ3) is 3.60. The number of carbonyl (C=O) groups is 1. The smallest absolute Gasteiger partial charge is 0.352 e. The van der Waals surface area contributed by atoms with Gasteiger partial charge in [-0.15, -0.1) is 5.10 Å². The third-order valence-corrected chi connectivity index (χ3v) is 4.89. The van der Waals surface area contributed by atoms with Gasteiger partial charge >= 0.3 is 5.69 Å². The predicted molar refractivity (Wildman–Crippen MR) is 103 cm³/mol. The Morgan fingerprint density at radius 3 is 2.79 bits per heavy atom. The molecule has 28 heavy (non-hydrogen) atoms. The lowest BCUT2D eigenvalue weighted by atomic mass is 10.1. The first kappa shape index (κ1) is 18.1. The van der Waals surface area contributed by atoms with Crippen molar-refractivity contribution in [3.8, 4) is 0 Å². The molecular formula is C19H21FN6O2. The van der Waals surface area contributed by atoms with Crippen LogP contribution in [-0.4, -0.2) is 38.2 Å². The molecule has 0 unspecified atom stereocenters. The average molecular weight is 384 g/mol. The quantitative estimate of drug-likeness (QED) is 0.743. The second-order valence-electron chi connectivity index (χ2n) is 6.95. The number of carbonyl (C=O) groups excluding carboxylic acids is 1. The van der Waals surface area contributed by atoms with Crippen LogP contribution in [0, 0.1) is 12.7 Å². The minimum atomic E-state index is -0.463. The number of benzene rings is 1. The summed E-state index contributed by atoms with van der Waals surface area (Å²) in [6, 6.07) is 5.94. The van der Waals surface area contributed by atoms with Crippen LogP contribution in [0.5, 0.6) is 0 Å². The molecule has 1 fully saturated rings. The van der Waals surface area contributed by atoms with E-state index in [4.69, 9.17) is 0 Å². The number of nitrogens with one attached hydrogen (secondary N) is 1. The van der Waals surface area contributed by atoms with Gasteiger partial charge in [0.2, 0.25) is 5.91 Å². The zero-order valence-corrected chi connectivity index (χ0v) is 15.6. The molecule has 1 N–H and O–H groups in total. The van der Waals surface area contributed by atoms with E-state index < -0.39 is 17.4 Å². The summed E-state index contributed by atoms with van der Waals surface area (Å²) in [6.45, 7) is 3.35. The molecule has 1 saturated heterocycles. The van der Waals surface area contributed by atoms with Crippen molar-refractivity contribution >= 4 is 23.2 Å². The maximum absolute atomic E-state index is 13.4. The fourth-order valence-electron chi connectivity index (χ4n) is 3.35. The zero-order chi connectivity index (χ0) is 19.7. The first-order chi connectivity index (χ1) is 13.5. The Bertz CT molecular complexity index is 1080. The SMILES string of the molecule is Cc1ccc(F)cc1NC(=O)Cn1nc2nc(N3CCCCC3)ccn2c1=O. The molecule has 0 atom stereocenters. The summed E-state index contributed by atoms with van der Waals surface area (Å²) in [4.78, 5) is 31.5. The molecule has 0 spiro atoms. The summed E-state index contributed by atoms with van der Waals surface area (Å²) in [5.74, 6) is 0.127. The minimum Gasteiger partial charge on any atom is -0.356 e. The molecule has 8 nitrogen and oxygen atoms in total. The van der Waals surface area contributed by atoms with E-state index in [0.717, 1.165) is 42.0 Å². The van der Waals surface area contributed by atoms with E-state index in [1.165, 1.54) is 23.0 Å². The van der Waals surface area contributed by atoms with E-state index in [0.29, 0.717) is 5.69 Å². The van der Waals surface area contributed by atoms with Gasteiger partial charge in [0, 0.05) is 25.0 Å². The summed E-state index contributed by atoms with van der Waals surface area (Å²) >= 11 is 0. The molecule has 1 aliphatic heterocycles. The molecule has 3 heterocycles. The summed E-state index contributed by atoms with van der Waals surface area (Å²) in [5, 5.41) is 6.80. The number of nitrogens with zero attached hydrogens (tertiary/aromatic N) is 5. The molecule has 1 aromatic carbocycles. The van der Waals surface area contributed by atoms with Crippen molar-refractivity contribution in [3.05, 3.63) is 52.3 Å². The number of aromatic nitrogens is 4. The Morgan fingerprint density at radius 1 is 1.21 bits per heavy atom. The van der Waals surface area contributed by atoms with Gasteiger partial charge in [-0.1, -0.05) is 6.07 Å². The highest BCUT2D eigenvalue weighted by Crippen LogP contribution is 2.18. The number of anilines is 2. The van der Waals surface area contributed by atoms with E-state index in [1.807, 2.05) is 0 Å². The Balaban J connectivity index is 1.55. The number of halogens is 1. The van der Waals surface area contributed by atoms with Crippen LogP contribution < -0.4 is 15.9 Å². The highest BCUT2D eigenvalue weighted by Gasteiger charge is 2.16. The molecule has 0 saturated carbocycles. The first-order valence-electron chi connectivity index (χ1n) is 9.28. The second kappa shape index (κ2) is 7.41. The zero-order valence-electron chi connectivity index (χ0n) is 15.6. The summed E-state index contributed by atoms with van der Waals surface area (Å²) in [5.41, 5.74) is 0.649. The lowest BCUT2D eigenvalue weighted by Crippen LogP contribution is -2.30. The van der Waals surface area contributed by atoms with Crippen LogP contribution >= 0.6 is 0 Å². The van der Waals surface area contributed by atoms with Gasteiger partial charge in [0.25, 0.3) is 5.78 Å². The van der Waals surface area contributed by atoms with Crippen LogP contribution in [0.3, 0.4) is 0 Å². The van der Waals surface area contributed by atoms with Gasteiger partial charge in [0.15, 0.2) is 0 Å². The van der Waals surface area contributed by atoms with E-state index in [2.05, 4.69) is 20.3 Å². The first-order valence-corrected chi connectivity index (χ1v) is 9.28. The Labute approximate surface area is 160 Å². The largest absolute Gasteiger partial charge is 0.356 e. The molecule has 0 bridgehead atoms. The normalized spacial score (nSPS) is 14.4. The summed E-state index contributed by atoms with van der Waals surface area (Å²) in [7, 11) is 0. The molecule has 1 aliphatic rings. The maximum atomic E-state index is 13.4. The van der Waals surface area contributed by atoms with E-state index >= 15 is 0 Å². The number of amides is 1. The number of aryl methyl sites for hydroxylation is 1. The molecule has 0 aliphatic carbocycles. The Kier molecular flexibility index (Phi) is 4.81. The van der Waals surface area contributed by atoms with Crippen molar-refractivity contribution in [2.75, 3.05) is 23.3 Å². The van der Waals surface area contributed by atoms with Gasteiger partial charge < -0.3 is 10.2 Å². The van der Waals surface area contributed by atoms with E-state index in [-0.39, 0.29) is 12.3 Å². The van der Waals surface area contributed by atoms with Gasteiger partial charge in [-0.25, -0.2) is 18.3 Å². The third-order valence-electron chi connectivity index (χ3n) is 4.89. The van der Waals surface area contributed by atoms with Crippen LogP contribution in [0.1, 0.15) is 24.8 Å². The van der Waals surface area contributed by atoms with Crippen LogP contribution in [0.15, 0.2) is 35.3 Å². The van der Waals surface area contributed by atoms with Crippen molar-refractivity contribution in [2.24, 2.45) is 0 Å². The maximum Gasteiger partial charge on any atom is 0.352 e. The van der Waals surface area contributed by atoms with Gasteiger partial charge in [-0.05, 0) is 49.9 Å². The molecular weight excluding hydrogens is 363 g/mol. The summed E-state index contributed by atoms with van der Waals surface area (Å²) in [6.07, 6.45) is 5.08. The molecule has 3 aromatic rings. The standard InChI is InChI=1S/C19H21FN6O2/c1-13-5-6-14(20)11-15(13)21-17(27)12-26-19(28)25-10-7-16(22-18(25)23-26)24-8-3-2-4-9-24/h5-7,10-11H,2-4,8-9,12H2,1H3,(H,21,27). The number of piperidine rings is 1. The number of rotatable bonds is 4. The Hall–Kier alpha value is -3.23. The van der Waals surface area contributed by atoms with Crippen molar-refractivity contribution in [3.63, 3.8) is 0 Å². The number of fused-ring (bicyclic) bond motifs is 1. The van der Waals surface area contributed by atoms with Crippen LogP contribution in [0.2, 0.25) is 0 Å². The fourth-order valence-corrected chi connectivity index (χ4v) is 3.35. The molecule has 2 aromatic heterocycles. The van der Waals surface area contributed by atoms with E-state index in [9.17, 15) is 14.0 Å². The molecule has 9 heteroatoms. The van der Waals surface area contributed by atoms with Crippen molar-refractivity contribution in [2.45, 2.75) is 32.7 Å². The van der Waals surface area contributed by atoms with Gasteiger partial charge in [0.1, 0.15) is 18.2 Å². The van der Waals surface area contributed by atoms with Crippen molar-refractivity contribution < 1.29 is 9.18 Å². The van der Waals surface area contributed by atoms with Crippen molar-refractivity contribution in [1.82, 2.24) is 19.2 Å². The van der Waals surface area contributed by atoms with Gasteiger partial charge in [-0.3, -0.25) is 4.79 Å². The lowest BCUT2D eigenvalue weighted by molar-refractivity contribution is -0.117. The fraction of sp³-hybridized carbons (Fsp3) is 0.368. The predicted octanol–water partition coefficient (Wildman–Crippen LogP) is 1.97. The van der Waals surface area contributed by atoms with Crippen LogP contribution in [0.4, 0.5) is 15.9 Å². The Morgan fingerprint density at radius 2 is 2.00 bits per heavy atom. The highest BCUT2D eigenvalue weighted by molar-refractivity contribution is 5.91. The lowest BCUT2D eigenvalue weighted by Gasteiger charge is -2.27. The summed E-state index contributed by atoms with van der Waals surface area (Å²) < 4.78 is 15.8. The second-order valence-corrected chi connectivity index (χ2v) is 6.95. The average Bonchev–Trinajstić information content (AvgIpc) is 3.00. The van der Waals surface area contributed by atoms with Crippen molar-refractivity contribution in [1.29, 1.82) is 0 Å². The molecule has 4 rings (SSSR count). The monoisotopic (exact) mass is 384 g/mol. The number of hydrogen-bond donors (Lipinski definition) is 1. The van der Waals surface area contributed by atoms with E-state index in [1.54, 1.807) is 25.3 Å². The molecule has 1 amide bonds. The molecule has 0 radical (unpaired) electrons. The van der Waals surface area contributed by atoms with Gasteiger partial charge in [-0.2, -0.15) is 4.98 Å². The van der Waals surface area contributed by atoms with Crippen LogP contribution in [0.25, 0.3) is 5.78 Å². The topological polar surface area (TPSA) is 84.5 Å². The van der Waals surface area contributed by atoms with Gasteiger partial charge in [0.05, 0.1) is 0 Å². The minimum absolute atomic E-state index is 0.253. The molecule has 146 valence electrons.